The fourth-order valence-electron chi connectivity index (χ4n) is 3.15. The fourth-order valence-corrected chi connectivity index (χ4v) is 3.15. The van der Waals surface area contributed by atoms with E-state index in [0.717, 1.165) is 11.6 Å². The molecule has 1 aliphatic rings. The first-order valence-corrected chi connectivity index (χ1v) is 10.4. The van der Waals surface area contributed by atoms with Gasteiger partial charge in [0.2, 0.25) is 0 Å². The Morgan fingerprint density at radius 2 is 1.69 bits per heavy atom. The Morgan fingerprint density at radius 3 is 2.31 bits per heavy atom. The molecule has 8 heteroatoms. The number of hydrogen-bond acceptors (Lipinski definition) is 5. The van der Waals surface area contributed by atoms with Crippen LogP contribution in [-0.4, -0.2) is 37.2 Å². The van der Waals surface area contributed by atoms with Gasteiger partial charge < -0.3 is 19.4 Å². The molecule has 0 aliphatic carbocycles. The second-order valence-electron chi connectivity index (χ2n) is 8.66. The molecule has 0 saturated carbocycles. The van der Waals surface area contributed by atoms with Crippen LogP contribution in [0.15, 0.2) is 54.0 Å². The zero-order chi connectivity index (χ0) is 23.4. The predicted octanol–water partition coefficient (Wildman–Crippen LogP) is 4.58. The van der Waals surface area contributed by atoms with Crippen molar-refractivity contribution in [2.45, 2.75) is 45.5 Å². The molecule has 6 nitrogen and oxygen atoms in total. The van der Waals surface area contributed by atoms with Crippen molar-refractivity contribution in [3.8, 4) is 0 Å². The number of carbonyl (C=O) groups excluding carboxylic acids is 2. The number of carbonyl (C=O) groups is 2. The molecule has 1 aliphatic heterocycles. The fraction of sp³-hybridized carbons (Fsp3) is 0.333. The third kappa shape index (κ3) is 5.84. The van der Waals surface area contributed by atoms with Crippen molar-refractivity contribution in [3.05, 3.63) is 76.5 Å². The van der Waals surface area contributed by atoms with Gasteiger partial charge in [0.15, 0.2) is 0 Å². The van der Waals surface area contributed by atoms with Gasteiger partial charge in [0.25, 0.3) is 0 Å². The van der Waals surface area contributed by atoms with E-state index in [-0.39, 0.29) is 18.7 Å². The first-order valence-electron chi connectivity index (χ1n) is 10.4. The van der Waals surface area contributed by atoms with Crippen molar-refractivity contribution in [3.63, 3.8) is 0 Å². The maximum atomic E-state index is 13.9. The van der Waals surface area contributed by atoms with Gasteiger partial charge in [-0.2, -0.15) is 0 Å². The van der Waals surface area contributed by atoms with E-state index >= 15 is 0 Å². The van der Waals surface area contributed by atoms with E-state index in [1.807, 2.05) is 58.0 Å². The average Bonchev–Trinajstić information content (AvgIpc) is 2.96. The van der Waals surface area contributed by atoms with E-state index < -0.39 is 30.2 Å². The van der Waals surface area contributed by atoms with Crippen LogP contribution in [0.5, 0.6) is 0 Å². The van der Waals surface area contributed by atoms with Crippen molar-refractivity contribution in [2.24, 2.45) is 0 Å². The highest BCUT2D eigenvalue weighted by atomic mass is 19.1. The van der Waals surface area contributed by atoms with Crippen LogP contribution in [0.3, 0.4) is 0 Å². The second-order valence-corrected chi connectivity index (χ2v) is 8.66. The zero-order valence-electron chi connectivity index (χ0n) is 18.7. The van der Waals surface area contributed by atoms with Crippen LogP contribution < -0.4 is 5.32 Å². The number of rotatable bonds is 7. The Labute approximate surface area is 187 Å². The van der Waals surface area contributed by atoms with Crippen molar-refractivity contribution < 1.29 is 28.0 Å². The Hall–Kier alpha value is -2.97. The molecule has 0 bridgehead atoms. The molecule has 0 aromatic heterocycles. The lowest BCUT2D eigenvalue weighted by atomic mass is 9.77. The third-order valence-corrected chi connectivity index (χ3v) is 5.64. The van der Waals surface area contributed by atoms with Crippen LogP contribution in [0.1, 0.15) is 49.2 Å². The van der Waals surface area contributed by atoms with E-state index in [2.05, 4.69) is 5.32 Å². The summed E-state index contributed by atoms with van der Waals surface area (Å²) in [6, 6.07) is 13.3. The van der Waals surface area contributed by atoms with Crippen molar-refractivity contribution >= 4 is 25.6 Å². The summed E-state index contributed by atoms with van der Waals surface area (Å²) in [5.74, 6) is -0.538. The zero-order valence-corrected chi connectivity index (χ0v) is 18.7. The summed E-state index contributed by atoms with van der Waals surface area (Å²) in [6.45, 7) is 7.85. The Balaban J connectivity index is 1.77. The van der Waals surface area contributed by atoms with Gasteiger partial charge in [0.05, 0.1) is 11.2 Å². The Bertz CT molecular complexity index is 991. The Kier molecular flexibility index (Phi) is 7.16. The molecular weight excluding hydrogens is 412 g/mol. The van der Waals surface area contributed by atoms with Crippen LogP contribution in [0, 0.1) is 5.82 Å². The molecule has 3 rings (SSSR count). The molecular formula is C24H27BFNO5. The lowest BCUT2D eigenvalue weighted by Gasteiger charge is -2.32. The minimum Gasteiger partial charge on any atom is -0.445 e. The largest absolute Gasteiger partial charge is 0.492 e. The predicted molar refractivity (Wildman–Crippen MR) is 120 cm³/mol. The molecule has 2 aromatic carbocycles. The number of nitrogens with one attached hydrogen (secondary N) is 1. The number of alkyl carbamates (subject to hydrolysis) is 1. The molecule has 0 atom stereocenters. The van der Waals surface area contributed by atoms with Gasteiger partial charge >= 0.3 is 13.2 Å². The van der Waals surface area contributed by atoms with E-state index in [9.17, 15) is 14.0 Å². The van der Waals surface area contributed by atoms with Crippen LogP contribution in [0.25, 0.3) is 6.08 Å². The quantitative estimate of drug-likeness (QED) is 0.505. The molecule has 2 aromatic rings. The maximum absolute atomic E-state index is 13.9. The highest BCUT2D eigenvalue weighted by molar-refractivity contribution is 6.56. The van der Waals surface area contributed by atoms with Gasteiger partial charge in [0.1, 0.15) is 18.7 Å². The van der Waals surface area contributed by atoms with Gasteiger partial charge in [-0.3, -0.25) is 4.79 Å². The van der Waals surface area contributed by atoms with Crippen LogP contribution in [-0.2, 0) is 20.7 Å². The standard InChI is InChI=1S/C24H27BFNO5/c1-23(2)24(3,4)32-25(31-23)20(11-18-10-19(15-28)13-21(26)12-18)14-27-22(29)30-16-17-8-6-5-7-9-17/h5-13,15H,14,16H2,1-4H3,(H,27,29). The number of amides is 1. The summed E-state index contributed by atoms with van der Waals surface area (Å²) in [7, 11) is -0.766. The van der Waals surface area contributed by atoms with Crippen molar-refractivity contribution in [2.75, 3.05) is 6.54 Å². The van der Waals surface area contributed by atoms with Crippen LogP contribution >= 0.6 is 0 Å². The summed E-state index contributed by atoms with van der Waals surface area (Å²) in [4.78, 5) is 23.4. The third-order valence-electron chi connectivity index (χ3n) is 5.64. The molecule has 1 amide bonds. The van der Waals surface area contributed by atoms with Gasteiger partial charge in [-0.15, -0.1) is 0 Å². The van der Waals surface area contributed by atoms with Gasteiger partial charge in [0, 0.05) is 12.1 Å². The number of aldehydes is 1. The van der Waals surface area contributed by atoms with Gasteiger partial charge in [-0.1, -0.05) is 36.4 Å². The van der Waals surface area contributed by atoms with Gasteiger partial charge in [-0.05, 0) is 62.5 Å². The molecule has 1 N–H and O–H groups in total. The summed E-state index contributed by atoms with van der Waals surface area (Å²) in [6.07, 6.45) is 1.62. The number of benzene rings is 2. The average molecular weight is 439 g/mol. The number of hydrogen-bond donors (Lipinski definition) is 1. The maximum Gasteiger partial charge on any atom is 0.492 e. The summed E-state index contributed by atoms with van der Waals surface area (Å²) in [5, 5.41) is 2.70. The van der Waals surface area contributed by atoms with Gasteiger partial charge in [-0.25, -0.2) is 9.18 Å². The summed E-state index contributed by atoms with van der Waals surface area (Å²) in [5.41, 5.74) is 0.894. The number of halogens is 1. The molecule has 32 heavy (non-hydrogen) atoms. The first kappa shape index (κ1) is 23.7. The van der Waals surface area contributed by atoms with E-state index in [4.69, 9.17) is 14.0 Å². The molecule has 0 spiro atoms. The van der Waals surface area contributed by atoms with Crippen molar-refractivity contribution in [1.29, 1.82) is 0 Å². The monoisotopic (exact) mass is 439 g/mol. The minimum atomic E-state index is -0.766. The SMILES string of the molecule is CC1(C)OB(C(=Cc2cc(F)cc(C=O)c2)CNC(=O)OCc2ccccc2)OC1(C)C. The number of ether oxygens (including phenoxy) is 1. The van der Waals surface area contributed by atoms with E-state index in [0.29, 0.717) is 17.3 Å². The molecule has 0 unspecified atom stereocenters. The first-order chi connectivity index (χ1) is 15.1. The molecule has 1 fully saturated rings. The molecule has 168 valence electrons. The molecule has 1 saturated heterocycles. The molecule has 0 radical (unpaired) electrons. The van der Waals surface area contributed by atoms with Crippen LogP contribution in [0.4, 0.5) is 9.18 Å². The summed E-state index contributed by atoms with van der Waals surface area (Å²) >= 11 is 0. The highest BCUT2D eigenvalue weighted by Crippen LogP contribution is 2.38. The second kappa shape index (κ2) is 9.67. The lowest BCUT2D eigenvalue weighted by molar-refractivity contribution is 0.00578. The van der Waals surface area contributed by atoms with Crippen LogP contribution in [0.2, 0.25) is 0 Å². The van der Waals surface area contributed by atoms with Crippen molar-refractivity contribution in [1.82, 2.24) is 5.32 Å². The van der Waals surface area contributed by atoms with E-state index in [1.165, 1.54) is 6.07 Å². The summed E-state index contributed by atoms with van der Waals surface area (Å²) < 4.78 is 31.4. The molecule has 1 heterocycles. The lowest BCUT2D eigenvalue weighted by Crippen LogP contribution is -2.41. The normalized spacial score (nSPS) is 17.2. The smallest absolute Gasteiger partial charge is 0.445 e. The minimum absolute atomic E-state index is 0.0530. The highest BCUT2D eigenvalue weighted by Gasteiger charge is 2.52. The Morgan fingerprint density at radius 1 is 1.06 bits per heavy atom. The van der Waals surface area contributed by atoms with E-state index in [1.54, 1.807) is 12.1 Å². The topological polar surface area (TPSA) is 73.9 Å².